The summed E-state index contributed by atoms with van der Waals surface area (Å²) in [6.07, 6.45) is 11.2. The number of fused-ring (bicyclic) bond motifs is 2. The summed E-state index contributed by atoms with van der Waals surface area (Å²) < 4.78 is 41.3. The second-order valence-corrected chi connectivity index (χ2v) is 21.0. The Morgan fingerprint density at radius 1 is 1.05 bits per heavy atom. The number of piperazine rings is 1. The number of nitro benzene ring substituents is 1. The number of aromatic nitrogens is 2. The Kier molecular flexibility index (Phi) is 12.0. The Morgan fingerprint density at radius 3 is 2.59 bits per heavy atom. The molecule has 15 nitrogen and oxygen atoms in total. The molecule has 4 aromatic rings. The van der Waals surface area contributed by atoms with Gasteiger partial charge in [0, 0.05) is 87.9 Å². The molecule has 336 valence electrons. The lowest BCUT2D eigenvalue weighted by molar-refractivity contribution is -0.384. The molecular formula is C47H60N8O7S. The molecule has 3 N–H and O–H groups in total. The van der Waals surface area contributed by atoms with Gasteiger partial charge in [-0.3, -0.25) is 19.8 Å². The van der Waals surface area contributed by atoms with Gasteiger partial charge < -0.3 is 29.6 Å². The van der Waals surface area contributed by atoms with E-state index in [0.717, 1.165) is 74.5 Å². The van der Waals surface area contributed by atoms with Gasteiger partial charge in [-0.15, -0.1) is 0 Å². The van der Waals surface area contributed by atoms with Gasteiger partial charge in [0.1, 0.15) is 22.8 Å². The van der Waals surface area contributed by atoms with E-state index in [0.29, 0.717) is 48.5 Å². The molecule has 4 atom stereocenters. The van der Waals surface area contributed by atoms with Crippen molar-refractivity contribution in [1.29, 1.82) is 0 Å². The highest BCUT2D eigenvalue weighted by Crippen LogP contribution is 2.61. The SMILES string of the molecule is CN(C)[C@H]1C[C@@H](C2=C(CN3CCN(c4ccc(C(=O)NS(=O)(=O)c5ccc(NCC6CCOCC6)c([N+](=O)[O-])c5)c(Oc5cnc6[nH]ccc6c5)c4)CC3)CCC(C)(C)C2)C2CC21. The van der Waals surface area contributed by atoms with Crippen molar-refractivity contribution in [3.63, 3.8) is 0 Å². The quantitative estimate of drug-likeness (QED) is 0.0650. The van der Waals surface area contributed by atoms with Crippen LogP contribution >= 0.6 is 0 Å². The van der Waals surface area contributed by atoms with E-state index in [1.807, 2.05) is 12.1 Å². The number of nitro groups is 1. The fourth-order valence-electron chi connectivity index (χ4n) is 10.6. The Hall–Kier alpha value is -5.03. The number of allylic oxidation sites excluding steroid dienone is 1. The van der Waals surface area contributed by atoms with E-state index in [1.54, 1.807) is 41.7 Å². The number of carbonyl (C=O) groups excluding carboxylic acids is 1. The van der Waals surface area contributed by atoms with E-state index in [-0.39, 0.29) is 22.9 Å². The van der Waals surface area contributed by atoms with Crippen LogP contribution in [0.1, 0.15) is 69.2 Å². The minimum absolute atomic E-state index is 0.0135. The zero-order valence-corrected chi connectivity index (χ0v) is 37.6. The van der Waals surface area contributed by atoms with Crippen molar-refractivity contribution >= 4 is 44.0 Å². The van der Waals surface area contributed by atoms with Crippen LogP contribution in [0.25, 0.3) is 11.0 Å². The van der Waals surface area contributed by atoms with Crippen LogP contribution in [0.4, 0.5) is 17.1 Å². The average Bonchev–Trinajstić information content (AvgIpc) is 3.72. The first kappa shape index (κ1) is 43.2. The average molecular weight is 881 g/mol. The van der Waals surface area contributed by atoms with Crippen molar-refractivity contribution < 1.29 is 27.6 Å². The summed E-state index contributed by atoms with van der Waals surface area (Å²) in [6, 6.07) is 13.1. The van der Waals surface area contributed by atoms with Crippen molar-refractivity contribution in [2.45, 2.75) is 69.7 Å². The van der Waals surface area contributed by atoms with Gasteiger partial charge in [0.15, 0.2) is 0 Å². The Morgan fingerprint density at radius 2 is 1.84 bits per heavy atom. The highest BCUT2D eigenvalue weighted by Gasteiger charge is 2.56. The maximum atomic E-state index is 14.0. The Balaban J connectivity index is 0.918. The number of hydrogen-bond acceptors (Lipinski definition) is 12. The molecule has 2 aromatic carbocycles. The Labute approximate surface area is 369 Å². The number of hydrogen-bond donors (Lipinski definition) is 3. The molecule has 2 saturated heterocycles. The molecule has 2 aliphatic heterocycles. The van der Waals surface area contributed by atoms with Gasteiger partial charge in [0.25, 0.3) is 21.6 Å². The number of nitrogens with zero attached hydrogens (tertiary/aromatic N) is 5. The van der Waals surface area contributed by atoms with Crippen molar-refractivity contribution in [3.8, 4) is 11.5 Å². The first-order chi connectivity index (χ1) is 30.2. The maximum Gasteiger partial charge on any atom is 0.293 e. The van der Waals surface area contributed by atoms with Crippen molar-refractivity contribution in [2.75, 3.05) is 76.8 Å². The molecule has 0 bridgehead atoms. The molecule has 16 heteroatoms. The van der Waals surface area contributed by atoms with E-state index < -0.39 is 31.4 Å². The summed E-state index contributed by atoms with van der Waals surface area (Å²) in [4.78, 5) is 39.9. The van der Waals surface area contributed by atoms with Gasteiger partial charge in [0.05, 0.1) is 21.6 Å². The lowest BCUT2D eigenvalue weighted by atomic mass is 9.70. The van der Waals surface area contributed by atoms with Crippen molar-refractivity contribution in [3.05, 3.63) is 87.7 Å². The fraction of sp³-hybridized carbons (Fsp3) is 0.532. The largest absolute Gasteiger partial charge is 0.455 e. The van der Waals surface area contributed by atoms with Crippen LogP contribution in [0.2, 0.25) is 0 Å². The normalized spacial score (nSPS) is 24.1. The smallest absolute Gasteiger partial charge is 0.293 e. The number of aromatic amines is 1. The van der Waals surface area contributed by atoms with E-state index in [2.05, 4.69) is 62.6 Å². The van der Waals surface area contributed by atoms with Crippen LogP contribution in [0.15, 0.2) is 77.0 Å². The van der Waals surface area contributed by atoms with Crippen LogP contribution in [0.3, 0.4) is 0 Å². The zero-order valence-electron chi connectivity index (χ0n) is 36.8. The third-order valence-electron chi connectivity index (χ3n) is 14.3. The van der Waals surface area contributed by atoms with Crippen LogP contribution < -0.4 is 19.7 Å². The minimum atomic E-state index is -4.54. The molecule has 4 fully saturated rings. The van der Waals surface area contributed by atoms with Gasteiger partial charge in [-0.2, -0.15) is 0 Å². The monoisotopic (exact) mass is 880 g/mol. The standard InChI is InChI=1S/C47H60N8O7S/c1-47(2)13-9-32(40(26-47)38-25-42(52(3)4)39-24-37(38)39)29-53-15-17-54(18-16-53)33-5-7-36(44(22-33)62-34-21-31-10-14-48-45(31)50-28-34)46(56)51-63(59,60)35-6-8-41(43(23-35)55(57)58)49-27-30-11-19-61-20-12-30/h5-8,10,14,21-23,28,30,37-39,42,49H,9,11-13,15-20,24-27,29H2,1-4H3,(H,48,50)(H,51,56)/t37?,38-,39?,42+/m1/s1. The molecule has 3 aliphatic carbocycles. The molecule has 2 aromatic heterocycles. The number of sulfonamides is 1. The topological polar surface area (TPSA) is 175 Å². The molecule has 63 heavy (non-hydrogen) atoms. The molecule has 9 rings (SSSR count). The third kappa shape index (κ3) is 9.45. The highest BCUT2D eigenvalue weighted by molar-refractivity contribution is 7.90. The second-order valence-electron chi connectivity index (χ2n) is 19.3. The van der Waals surface area contributed by atoms with Crippen molar-refractivity contribution in [2.24, 2.45) is 29.1 Å². The molecular weight excluding hydrogens is 821 g/mol. The number of anilines is 2. The summed E-state index contributed by atoms with van der Waals surface area (Å²) in [5, 5.41) is 16.0. The van der Waals surface area contributed by atoms with Crippen LogP contribution in [0, 0.1) is 39.2 Å². The Bertz CT molecular complexity index is 2510. The number of pyridine rings is 1. The van der Waals surface area contributed by atoms with Crippen LogP contribution in [-0.4, -0.2) is 112 Å². The van der Waals surface area contributed by atoms with Gasteiger partial charge >= 0.3 is 0 Å². The number of carbonyl (C=O) groups is 1. The zero-order chi connectivity index (χ0) is 44.0. The molecule has 0 spiro atoms. The molecule has 5 aliphatic rings. The van der Waals surface area contributed by atoms with E-state index >= 15 is 0 Å². The number of ether oxygens (including phenoxy) is 2. The third-order valence-corrected chi connectivity index (χ3v) is 15.7. The van der Waals surface area contributed by atoms with Gasteiger partial charge in [-0.1, -0.05) is 25.0 Å². The van der Waals surface area contributed by atoms with E-state index in [1.165, 1.54) is 44.2 Å². The lowest BCUT2D eigenvalue weighted by Crippen LogP contribution is -2.47. The highest BCUT2D eigenvalue weighted by atomic mass is 32.2. The molecule has 0 radical (unpaired) electrons. The van der Waals surface area contributed by atoms with Gasteiger partial charge in [0.2, 0.25) is 0 Å². The number of nitrogens with one attached hydrogen (secondary N) is 3. The maximum absolute atomic E-state index is 14.0. The number of rotatable bonds is 14. The molecule has 2 unspecified atom stereocenters. The molecule has 4 heterocycles. The van der Waals surface area contributed by atoms with Gasteiger partial charge in [-0.25, -0.2) is 18.1 Å². The number of H-pyrrole nitrogens is 1. The van der Waals surface area contributed by atoms with Crippen molar-refractivity contribution in [1.82, 2.24) is 24.5 Å². The summed E-state index contributed by atoms with van der Waals surface area (Å²) in [6.45, 7) is 11.0. The first-order valence-electron chi connectivity index (χ1n) is 22.5. The van der Waals surface area contributed by atoms with Crippen LogP contribution in [0.5, 0.6) is 11.5 Å². The molecule has 2 saturated carbocycles. The summed E-state index contributed by atoms with van der Waals surface area (Å²) in [5.74, 6) is 2.29. The summed E-state index contributed by atoms with van der Waals surface area (Å²) in [7, 11) is -0.0515. The van der Waals surface area contributed by atoms with E-state index in [4.69, 9.17) is 9.47 Å². The fourth-order valence-corrected chi connectivity index (χ4v) is 11.6. The first-order valence-corrected chi connectivity index (χ1v) is 24.0. The predicted molar refractivity (Wildman–Crippen MR) is 243 cm³/mol. The summed E-state index contributed by atoms with van der Waals surface area (Å²) in [5.41, 5.74) is 5.07. The number of benzene rings is 2. The predicted octanol–water partition coefficient (Wildman–Crippen LogP) is 7.44. The van der Waals surface area contributed by atoms with Gasteiger partial charge in [-0.05, 0) is 125 Å². The van der Waals surface area contributed by atoms with Crippen LogP contribution in [-0.2, 0) is 14.8 Å². The van der Waals surface area contributed by atoms with E-state index in [9.17, 15) is 23.3 Å². The minimum Gasteiger partial charge on any atom is -0.455 e. The second kappa shape index (κ2) is 17.5. The summed E-state index contributed by atoms with van der Waals surface area (Å²) >= 11 is 0. The molecule has 1 amide bonds. The lowest BCUT2D eigenvalue weighted by Gasteiger charge is -2.40. The number of amides is 1.